The van der Waals surface area contributed by atoms with Gasteiger partial charge >= 0.3 is 0 Å². The van der Waals surface area contributed by atoms with Gasteiger partial charge in [0, 0.05) is 17.1 Å². The minimum absolute atomic E-state index is 0. The predicted molar refractivity (Wildman–Crippen MR) is 74.5 cm³/mol. The molecular weight excluding hydrogens is 280 g/mol. The summed E-state index contributed by atoms with van der Waals surface area (Å²) in [5.74, 6) is 0.164. The molecule has 1 fully saturated rings. The lowest BCUT2D eigenvalue weighted by Gasteiger charge is -2.26. The zero-order valence-electron chi connectivity index (χ0n) is 9.46. The van der Waals surface area contributed by atoms with Gasteiger partial charge in [-0.05, 0) is 38.1 Å². The fraction of sp³-hybridized carbons (Fsp3) is 0.500. The van der Waals surface area contributed by atoms with E-state index in [1.807, 2.05) is 0 Å². The number of aromatic hydroxyl groups is 1. The molecule has 0 unspecified atom stereocenters. The van der Waals surface area contributed by atoms with Crippen molar-refractivity contribution in [1.82, 2.24) is 4.90 Å². The molecule has 0 atom stereocenters. The Labute approximate surface area is 118 Å². The molecule has 1 heterocycles. The van der Waals surface area contributed by atoms with Crippen LogP contribution in [0.3, 0.4) is 0 Å². The molecule has 1 aromatic rings. The third-order valence-corrected chi connectivity index (χ3v) is 3.46. The third kappa shape index (κ3) is 3.92. The van der Waals surface area contributed by atoms with Crippen LogP contribution in [-0.4, -0.2) is 23.1 Å². The van der Waals surface area contributed by atoms with Crippen LogP contribution < -0.4 is 0 Å². The lowest BCUT2D eigenvalue weighted by atomic mass is 10.1. The maximum absolute atomic E-state index is 9.84. The highest BCUT2D eigenvalue weighted by Crippen LogP contribution is 2.32. The van der Waals surface area contributed by atoms with E-state index < -0.39 is 0 Å². The maximum Gasteiger partial charge on any atom is 0.138 e. The van der Waals surface area contributed by atoms with Gasteiger partial charge in [-0.15, -0.1) is 12.4 Å². The van der Waals surface area contributed by atoms with E-state index in [2.05, 4.69) is 4.90 Å². The summed E-state index contributed by atoms with van der Waals surface area (Å²) in [6, 6.07) is 3.36. The normalized spacial score (nSPS) is 16.6. The summed E-state index contributed by atoms with van der Waals surface area (Å²) in [7, 11) is 0. The van der Waals surface area contributed by atoms with Crippen molar-refractivity contribution in [2.45, 2.75) is 25.8 Å². The van der Waals surface area contributed by atoms with Gasteiger partial charge in [0.2, 0.25) is 0 Å². The van der Waals surface area contributed by atoms with Gasteiger partial charge in [0.1, 0.15) is 5.75 Å². The molecule has 1 aliphatic heterocycles. The van der Waals surface area contributed by atoms with Crippen LogP contribution >= 0.6 is 35.6 Å². The summed E-state index contributed by atoms with van der Waals surface area (Å²) >= 11 is 11.8. The zero-order chi connectivity index (χ0) is 11.5. The molecule has 0 amide bonds. The van der Waals surface area contributed by atoms with E-state index >= 15 is 0 Å². The average Bonchev–Trinajstić information content (AvgIpc) is 2.27. The van der Waals surface area contributed by atoms with Crippen molar-refractivity contribution in [2.24, 2.45) is 0 Å². The molecule has 2 rings (SSSR count). The van der Waals surface area contributed by atoms with Crippen molar-refractivity contribution in [2.75, 3.05) is 13.1 Å². The van der Waals surface area contributed by atoms with Crippen LogP contribution in [0.5, 0.6) is 5.75 Å². The molecule has 0 aromatic heterocycles. The number of benzene rings is 1. The van der Waals surface area contributed by atoms with Crippen LogP contribution in [0.4, 0.5) is 0 Å². The van der Waals surface area contributed by atoms with E-state index in [-0.39, 0.29) is 18.2 Å². The van der Waals surface area contributed by atoms with Gasteiger partial charge < -0.3 is 5.11 Å². The van der Waals surface area contributed by atoms with Gasteiger partial charge in [-0.3, -0.25) is 4.90 Å². The second-order valence-corrected chi connectivity index (χ2v) is 5.08. The number of phenolic OH excluding ortho intramolecular Hbond substituents is 1. The Morgan fingerprint density at radius 2 is 1.76 bits per heavy atom. The first-order valence-electron chi connectivity index (χ1n) is 5.56. The van der Waals surface area contributed by atoms with E-state index in [4.69, 9.17) is 23.2 Å². The molecule has 2 nitrogen and oxygen atoms in total. The van der Waals surface area contributed by atoms with Crippen molar-refractivity contribution in [3.63, 3.8) is 0 Å². The number of hydrogen-bond acceptors (Lipinski definition) is 2. The molecule has 0 radical (unpaired) electrons. The van der Waals surface area contributed by atoms with Gasteiger partial charge in [-0.2, -0.15) is 0 Å². The third-order valence-electron chi connectivity index (χ3n) is 2.95. The maximum atomic E-state index is 9.84. The minimum Gasteiger partial charge on any atom is -0.506 e. The second kappa shape index (κ2) is 6.69. The Morgan fingerprint density at radius 3 is 2.41 bits per heavy atom. The summed E-state index contributed by atoms with van der Waals surface area (Å²) < 4.78 is 0. The van der Waals surface area contributed by atoms with Crippen molar-refractivity contribution in [3.8, 4) is 5.75 Å². The van der Waals surface area contributed by atoms with Crippen LogP contribution in [0.15, 0.2) is 12.1 Å². The van der Waals surface area contributed by atoms with E-state index in [1.54, 1.807) is 12.1 Å². The molecule has 96 valence electrons. The quantitative estimate of drug-likeness (QED) is 0.888. The Bertz CT molecular complexity index is 378. The summed E-state index contributed by atoms with van der Waals surface area (Å²) in [4.78, 5) is 2.32. The highest BCUT2D eigenvalue weighted by molar-refractivity contribution is 6.35. The topological polar surface area (TPSA) is 23.5 Å². The molecule has 1 saturated heterocycles. The van der Waals surface area contributed by atoms with E-state index in [0.29, 0.717) is 10.0 Å². The molecule has 5 heteroatoms. The number of likely N-dealkylation sites (tertiary alicyclic amines) is 1. The number of halogens is 3. The van der Waals surface area contributed by atoms with Crippen molar-refractivity contribution >= 4 is 35.6 Å². The van der Waals surface area contributed by atoms with E-state index in [9.17, 15) is 5.11 Å². The van der Waals surface area contributed by atoms with Crippen molar-refractivity contribution < 1.29 is 5.11 Å². The molecule has 0 aliphatic carbocycles. The SMILES string of the molecule is Cl.Oc1c(Cl)cc(Cl)cc1CN1CCCCC1. The molecule has 17 heavy (non-hydrogen) atoms. The second-order valence-electron chi connectivity index (χ2n) is 4.23. The van der Waals surface area contributed by atoms with Gasteiger partial charge in [-0.25, -0.2) is 0 Å². The Balaban J connectivity index is 0.00000144. The summed E-state index contributed by atoms with van der Waals surface area (Å²) in [6.45, 7) is 2.90. The molecule has 0 spiro atoms. The standard InChI is InChI=1S/C12H15Cl2NO.ClH/c13-10-6-9(12(16)11(14)7-10)8-15-4-2-1-3-5-15;/h6-7,16H,1-5,8H2;1H. The zero-order valence-corrected chi connectivity index (χ0v) is 11.8. The fourth-order valence-corrected chi connectivity index (χ4v) is 2.63. The highest BCUT2D eigenvalue weighted by Gasteiger charge is 2.14. The van der Waals surface area contributed by atoms with E-state index in [1.165, 1.54) is 19.3 Å². The van der Waals surface area contributed by atoms with Crippen LogP contribution in [-0.2, 0) is 6.54 Å². The van der Waals surface area contributed by atoms with Crippen LogP contribution in [0.2, 0.25) is 10.0 Å². The molecular formula is C12H16Cl3NO. The molecule has 1 aliphatic rings. The molecule has 0 saturated carbocycles. The number of phenols is 1. The number of piperidine rings is 1. The minimum atomic E-state index is 0. The van der Waals surface area contributed by atoms with Crippen LogP contribution in [0.1, 0.15) is 24.8 Å². The van der Waals surface area contributed by atoms with Gasteiger partial charge in [0.05, 0.1) is 5.02 Å². The molecule has 1 N–H and O–H groups in total. The molecule has 0 bridgehead atoms. The van der Waals surface area contributed by atoms with Crippen LogP contribution in [0, 0.1) is 0 Å². The predicted octanol–water partition coefficient (Wildman–Crippen LogP) is 4.11. The first-order chi connectivity index (χ1) is 7.66. The van der Waals surface area contributed by atoms with Crippen molar-refractivity contribution in [3.05, 3.63) is 27.7 Å². The van der Waals surface area contributed by atoms with Gasteiger partial charge in [-0.1, -0.05) is 29.6 Å². The number of rotatable bonds is 2. The number of hydrogen-bond donors (Lipinski definition) is 1. The average molecular weight is 297 g/mol. The highest BCUT2D eigenvalue weighted by atomic mass is 35.5. The summed E-state index contributed by atoms with van der Waals surface area (Å²) in [6.07, 6.45) is 3.77. The number of nitrogens with zero attached hydrogens (tertiary/aromatic N) is 1. The summed E-state index contributed by atoms with van der Waals surface area (Å²) in [5, 5.41) is 10.7. The van der Waals surface area contributed by atoms with Gasteiger partial charge in [0.15, 0.2) is 0 Å². The molecule has 1 aromatic carbocycles. The Kier molecular flexibility index (Phi) is 5.87. The lowest BCUT2D eigenvalue weighted by Crippen LogP contribution is -2.29. The summed E-state index contributed by atoms with van der Waals surface area (Å²) in [5.41, 5.74) is 0.819. The monoisotopic (exact) mass is 295 g/mol. The fourth-order valence-electron chi connectivity index (χ4n) is 2.10. The Hall–Kier alpha value is -0.150. The van der Waals surface area contributed by atoms with E-state index in [0.717, 1.165) is 25.2 Å². The largest absolute Gasteiger partial charge is 0.506 e. The first kappa shape index (κ1) is 14.9. The van der Waals surface area contributed by atoms with Gasteiger partial charge in [0.25, 0.3) is 0 Å². The smallest absolute Gasteiger partial charge is 0.138 e. The van der Waals surface area contributed by atoms with Crippen LogP contribution in [0.25, 0.3) is 0 Å². The first-order valence-corrected chi connectivity index (χ1v) is 6.31. The lowest BCUT2D eigenvalue weighted by molar-refractivity contribution is 0.218. The van der Waals surface area contributed by atoms with Crippen molar-refractivity contribution in [1.29, 1.82) is 0 Å². The Morgan fingerprint density at radius 1 is 1.12 bits per heavy atom.